The van der Waals surface area contributed by atoms with Crippen LogP contribution in [-0.2, 0) is 10.8 Å². The third kappa shape index (κ3) is 6.52. The highest BCUT2D eigenvalue weighted by Gasteiger charge is 2.16. The van der Waals surface area contributed by atoms with E-state index in [4.69, 9.17) is 0 Å². The van der Waals surface area contributed by atoms with Crippen molar-refractivity contribution in [2.75, 3.05) is 10.6 Å². The van der Waals surface area contributed by atoms with Gasteiger partial charge in [0.2, 0.25) is 0 Å². The van der Waals surface area contributed by atoms with E-state index < -0.39 is 0 Å². The van der Waals surface area contributed by atoms with Crippen LogP contribution in [0.4, 0.5) is 10.8 Å². The van der Waals surface area contributed by atoms with E-state index >= 15 is 0 Å². The summed E-state index contributed by atoms with van der Waals surface area (Å²) in [5, 5.41) is 8.27. The molecule has 4 rings (SSSR count). The maximum Gasteiger partial charge on any atom is 0.257 e. The molecule has 37 heavy (non-hydrogen) atoms. The van der Waals surface area contributed by atoms with Crippen molar-refractivity contribution < 1.29 is 9.59 Å². The lowest BCUT2D eigenvalue weighted by atomic mass is 9.86. The predicted molar refractivity (Wildman–Crippen MR) is 154 cm³/mol. The molecule has 0 atom stereocenters. The predicted octanol–water partition coefficient (Wildman–Crippen LogP) is 7.91. The maximum absolute atomic E-state index is 12.8. The molecule has 2 amide bonds. The van der Waals surface area contributed by atoms with Gasteiger partial charge < -0.3 is 5.32 Å². The number of amides is 2. The summed E-state index contributed by atoms with van der Waals surface area (Å²) < 4.78 is 0. The van der Waals surface area contributed by atoms with E-state index in [0.717, 1.165) is 11.3 Å². The molecule has 0 unspecified atom stereocenters. The fourth-order valence-corrected chi connectivity index (χ4v) is 4.55. The van der Waals surface area contributed by atoms with Gasteiger partial charge in [0.15, 0.2) is 5.13 Å². The van der Waals surface area contributed by atoms with Crippen molar-refractivity contribution in [2.45, 2.75) is 52.4 Å². The highest BCUT2D eigenvalue weighted by Crippen LogP contribution is 2.28. The van der Waals surface area contributed by atoms with Crippen molar-refractivity contribution in [2.24, 2.45) is 0 Å². The molecule has 0 spiro atoms. The van der Waals surface area contributed by atoms with E-state index in [-0.39, 0.29) is 22.6 Å². The first-order valence-corrected chi connectivity index (χ1v) is 13.2. The molecule has 6 heteroatoms. The molecule has 2 N–H and O–H groups in total. The Labute approximate surface area is 223 Å². The Morgan fingerprint density at radius 1 is 0.703 bits per heavy atom. The monoisotopic (exact) mass is 511 g/mol. The second-order valence-electron chi connectivity index (χ2n) is 11.2. The van der Waals surface area contributed by atoms with Crippen molar-refractivity contribution in [1.29, 1.82) is 0 Å². The molecule has 4 aromatic rings. The molecule has 0 saturated carbocycles. The van der Waals surface area contributed by atoms with Gasteiger partial charge in [-0.05, 0) is 58.4 Å². The minimum Gasteiger partial charge on any atom is -0.322 e. The second-order valence-corrected chi connectivity index (χ2v) is 12.0. The average Bonchev–Trinajstić information content (AvgIpc) is 3.32. The molecule has 5 nitrogen and oxygen atoms in total. The Bertz CT molecular complexity index is 1410. The number of nitrogens with zero attached hydrogens (tertiary/aromatic N) is 1. The van der Waals surface area contributed by atoms with Gasteiger partial charge in [0.1, 0.15) is 0 Å². The van der Waals surface area contributed by atoms with Gasteiger partial charge in [-0.15, -0.1) is 11.3 Å². The van der Waals surface area contributed by atoms with Gasteiger partial charge in [-0.25, -0.2) is 4.98 Å². The fourth-order valence-electron chi connectivity index (χ4n) is 3.84. The molecule has 0 aliphatic carbocycles. The van der Waals surface area contributed by atoms with Crippen LogP contribution in [0.3, 0.4) is 0 Å². The third-order valence-corrected chi connectivity index (χ3v) is 6.92. The van der Waals surface area contributed by atoms with Crippen LogP contribution in [0.2, 0.25) is 0 Å². The first-order chi connectivity index (χ1) is 17.4. The number of hydrogen-bond acceptors (Lipinski definition) is 4. The van der Waals surface area contributed by atoms with Gasteiger partial charge in [0, 0.05) is 27.8 Å². The van der Waals surface area contributed by atoms with Gasteiger partial charge in [0.25, 0.3) is 11.8 Å². The topological polar surface area (TPSA) is 71.1 Å². The van der Waals surface area contributed by atoms with Crippen molar-refractivity contribution in [1.82, 2.24) is 4.98 Å². The highest BCUT2D eigenvalue weighted by molar-refractivity contribution is 7.14. The molecule has 1 heterocycles. The highest BCUT2D eigenvalue weighted by atomic mass is 32.1. The molecule has 0 aliphatic rings. The van der Waals surface area contributed by atoms with Crippen LogP contribution < -0.4 is 10.6 Å². The standard InChI is InChI=1S/C31H33N3O2S/c1-30(2,3)23-14-10-20(11-15-23)27(35)32-25-9-7-8-22(18-25)26-19-37-29(33-26)34-28(36)21-12-16-24(17-13-21)31(4,5)6/h7-19H,1-6H3,(H,32,35)(H,33,34,36). The number of thiazole rings is 1. The summed E-state index contributed by atoms with van der Waals surface area (Å²) in [5.74, 6) is -0.360. The van der Waals surface area contributed by atoms with E-state index in [9.17, 15) is 9.59 Å². The molecule has 3 aromatic carbocycles. The van der Waals surface area contributed by atoms with Crippen molar-refractivity contribution in [3.05, 3.63) is 100 Å². The Kier molecular flexibility index (Phi) is 7.32. The van der Waals surface area contributed by atoms with Crippen LogP contribution in [0.1, 0.15) is 73.4 Å². The molecule has 190 valence electrons. The summed E-state index contributed by atoms with van der Waals surface area (Å²) >= 11 is 1.36. The maximum atomic E-state index is 12.8. The minimum absolute atomic E-state index is 0.0319. The molecular weight excluding hydrogens is 478 g/mol. The van der Waals surface area contributed by atoms with Crippen LogP contribution in [0, 0.1) is 0 Å². The fraction of sp³-hybridized carbons (Fsp3) is 0.258. The molecule has 0 bridgehead atoms. The van der Waals surface area contributed by atoms with Crippen LogP contribution in [0.25, 0.3) is 11.3 Å². The number of hydrogen-bond donors (Lipinski definition) is 2. The average molecular weight is 512 g/mol. The lowest BCUT2D eigenvalue weighted by molar-refractivity contribution is 0.101. The van der Waals surface area contributed by atoms with E-state index in [1.807, 2.05) is 78.2 Å². The van der Waals surface area contributed by atoms with E-state index in [2.05, 4.69) is 57.2 Å². The van der Waals surface area contributed by atoms with Gasteiger partial charge in [0.05, 0.1) is 5.69 Å². The summed E-state index contributed by atoms with van der Waals surface area (Å²) in [6.07, 6.45) is 0. The number of aromatic nitrogens is 1. The Hall–Kier alpha value is -3.77. The molecule has 0 saturated heterocycles. The Morgan fingerprint density at radius 2 is 1.22 bits per heavy atom. The van der Waals surface area contributed by atoms with Gasteiger partial charge >= 0.3 is 0 Å². The molecular formula is C31H33N3O2S. The van der Waals surface area contributed by atoms with Crippen molar-refractivity contribution in [3.63, 3.8) is 0 Å². The SMILES string of the molecule is CC(C)(C)c1ccc(C(=O)Nc2cccc(-c3csc(NC(=O)c4ccc(C(C)(C)C)cc4)n3)c2)cc1. The lowest BCUT2D eigenvalue weighted by Crippen LogP contribution is -2.14. The Morgan fingerprint density at radius 3 is 1.73 bits per heavy atom. The summed E-state index contributed by atoms with van der Waals surface area (Å²) in [7, 11) is 0. The number of nitrogens with one attached hydrogen (secondary N) is 2. The van der Waals surface area contributed by atoms with Crippen molar-refractivity contribution >= 4 is 34.0 Å². The normalized spacial score (nSPS) is 11.7. The number of carbonyl (C=O) groups excluding carboxylic acids is 2. The lowest BCUT2D eigenvalue weighted by Gasteiger charge is -2.19. The summed E-state index contributed by atoms with van der Waals surface area (Å²) in [6, 6.07) is 22.9. The summed E-state index contributed by atoms with van der Waals surface area (Å²) in [4.78, 5) is 30.1. The largest absolute Gasteiger partial charge is 0.322 e. The third-order valence-electron chi connectivity index (χ3n) is 6.17. The summed E-state index contributed by atoms with van der Waals surface area (Å²) in [5.41, 5.74) is 5.88. The second kappa shape index (κ2) is 10.3. The van der Waals surface area contributed by atoms with Gasteiger partial charge in [-0.2, -0.15) is 0 Å². The molecule has 0 aliphatic heterocycles. The van der Waals surface area contributed by atoms with Crippen molar-refractivity contribution in [3.8, 4) is 11.3 Å². The number of carbonyl (C=O) groups is 2. The van der Waals surface area contributed by atoms with E-state index in [1.54, 1.807) is 0 Å². The number of anilines is 2. The molecule has 0 radical (unpaired) electrons. The number of rotatable bonds is 5. The zero-order valence-electron chi connectivity index (χ0n) is 22.2. The van der Waals surface area contributed by atoms with Crippen LogP contribution in [0.15, 0.2) is 78.2 Å². The van der Waals surface area contributed by atoms with Crippen LogP contribution in [0.5, 0.6) is 0 Å². The van der Waals surface area contributed by atoms with Gasteiger partial charge in [-0.1, -0.05) is 77.9 Å². The zero-order valence-corrected chi connectivity index (χ0v) is 23.0. The smallest absolute Gasteiger partial charge is 0.257 e. The first-order valence-electron chi connectivity index (χ1n) is 12.3. The Balaban J connectivity index is 1.43. The zero-order chi connectivity index (χ0) is 26.8. The molecule has 1 aromatic heterocycles. The molecule has 0 fully saturated rings. The van der Waals surface area contributed by atoms with Crippen LogP contribution in [-0.4, -0.2) is 16.8 Å². The summed E-state index contributed by atoms with van der Waals surface area (Å²) in [6.45, 7) is 12.9. The minimum atomic E-state index is -0.195. The van der Waals surface area contributed by atoms with Gasteiger partial charge in [-0.3, -0.25) is 14.9 Å². The van der Waals surface area contributed by atoms with E-state index in [1.165, 1.54) is 22.5 Å². The first kappa shape index (κ1) is 26.3. The van der Waals surface area contributed by atoms with Crippen LogP contribution >= 0.6 is 11.3 Å². The quantitative estimate of drug-likeness (QED) is 0.286. The van der Waals surface area contributed by atoms with E-state index in [0.29, 0.717) is 21.9 Å². The number of benzene rings is 3.